The molecule has 2 aliphatic rings. The minimum Gasteiger partial charge on any atom is -0.493 e. The normalized spacial score (nSPS) is 22.2. The minimum absolute atomic E-state index is 0.201. The van der Waals surface area contributed by atoms with Crippen molar-refractivity contribution in [3.63, 3.8) is 0 Å². The first-order valence-corrected chi connectivity index (χ1v) is 11.4. The minimum atomic E-state index is -0.607. The van der Waals surface area contributed by atoms with E-state index in [2.05, 4.69) is 11.4 Å². The molecule has 2 N–H and O–H groups in total. The summed E-state index contributed by atoms with van der Waals surface area (Å²) in [5.41, 5.74) is 4.10. The van der Waals surface area contributed by atoms with E-state index in [4.69, 9.17) is 9.47 Å². The first-order chi connectivity index (χ1) is 16.1. The van der Waals surface area contributed by atoms with Gasteiger partial charge in [0.15, 0.2) is 0 Å². The van der Waals surface area contributed by atoms with Gasteiger partial charge in [-0.05, 0) is 52.6 Å². The Labute approximate surface area is 192 Å². The lowest BCUT2D eigenvalue weighted by Crippen LogP contribution is -2.50. The molecule has 0 bridgehead atoms. The molecule has 2 aliphatic heterocycles. The van der Waals surface area contributed by atoms with Gasteiger partial charge in [0.2, 0.25) is 0 Å². The summed E-state index contributed by atoms with van der Waals surface area (Å²) in [5, 5.41) is 14.3. The van der Waals surface area contributed by atoms with Gasteiger partial charge in [-0.2, -0.15) is 0 Å². The Balaban J connectivity index is 1.28. The number of hydrogen-bond donors (Lipinski definition) is 2. The van der Waals surface area contributed by atoms with Crippen LogP contribution >= 0.6 is 0 Å². The molecule has 5 rings (SSSR count). The van der Waals surface area contributed by atoms with Crippen LogP contribution in [-0.4, -0.2) is 36.6 Å². The molecule has 3 aromatic carbocycles. The van der Waals surface area contributed by atoms with Crippen LogP contribution in [-0.2, 0) is 17.7 Å². The molecule has 0 unspecified atom stereocenters. The van der Waals surface area contributed by atoms with Crippen LogP contribution in [0, 0.1) is 11.6 Å². The predicted octanol–water partition coefficient (Wildman–Crippen LogP) is 4.34. The van der Waals surface area contributed by atoms with Crippen molar-refractivity contribution in [1.29, 1.82) is 0 Å². The summed E-state index contributed by atoms with van der Waals surface area (Å²) < 4.78 is 38.8. The Hall–Kier alpha value is -2.80. The van der Waals surface area contributed by atoms with E-state index in [-0.39, 0.29) is 29.7 Å². The van der Waals surface area contributed by atoms with E-state index in [1.807, 2.05) is 12.1 Å². The molecule has 0 radical (unpaired) electrons. The van der Waals surface area contributed by atoms with E-state index in [1.165, 1.54) is 29.8 Å². The number of halogens is 2. The fourth-order valence-corrected chi connectivity index (χ4v) is 4.80. The Bertz CT molecular complexity index is 1040. The lowest BCUT2D eigenvalue weighted by Gasteiger charge is -2.38. The number of ether oxygens (including phenoxy) is 2. The van der Waals surface area contributed by atoms with Crippen LogP contribution in [0.1, 0.15) is 34.6 Å². The van der Waals surface area contributed by atoms with E-state index in [9.17, 15) is 13.9 Å². The molecule has 0 spiro atoms. The molecule has 1 fully saturated rings. The third-order valence-corrected chi connectivity index (χ3v) is 6.58. The van der Waals surface area contributed by atoms with Crippen LogP contribution in [0.2, 0.25) is 0 Å². The van der Waals surface area contributed by atoms with Gasteiger partial charge in [0, 0.05) is 25.3 Å². The number of aliphatic hydroxyl groups is 1. The van der Waals surface area contributed by atoms with E-state index in [1.54, 1.807) is 24.3 Å². The molecule has 33 heavy (non-hydrogen) atoms. The van der Waals surface area contributed by atoms with Crippen molar-refractivity contribution in [2.75, 3.05) is 13.2 Å². The van der Waals surface area contributed by atoms with Gasteiger partial charge in [0.1, 0.15) is 17.4 Å². The third kappa shape index (κ3) is 4.93. The van der Waals surface area contributed by atoms with E-state index < -0.39 is 6.10 Å². The summed E-state index contributed by atoms with van der Waals surface area (Å²) in [6.07, 6.45) is 0.416. The number of nitrogens with one attached hydrogen (secondary N) is 1. The average Bonchev–Trinajstić information content (AvgIpc) is 3.29. The standard InChI is InChI=1S/C27H27F2NO3/c28-21-6-2-18(3-7-21)27(19-4-8-22(29)9-5-19)26-14-24(31)23(16-33-26)30-15-17-1-10-25-20(13-17)11-12-32-25/h1-10,13,23-24,26-27,30-31H,11-12,14-16H2/t23-,24-,26+/m1/s1. The van der Waals surface area contributed by atoms with Gasteiger partial charge in [-0.3, -0.25) is 0 Å². The van der Waals surface area contributed by atoms with E-state index in [0.717, 1.165) is 35.5 Å². The highest BCUT2D eigenvalue weighted by Gasteiger charge is 2.35. The fraction of sp³-hybridized carbons (Fsp3) is 0.333. The fourth-order valence-electron chi connectivity index (χ4n) is 4.80. The van der Waals surface area contributed by atoms with Gasteiger partial charge in [0.25, 0.3) is 0 Å². The Kier molecular flexibility index (Phi) is 6.40. The number of fused-ring (bicyclic) bond motifs is 1. The second-order valence-corrected chi connectivity index (χ2v) is 8.78. The zero-order chi connectivity index (χ0) is 22.8. The number of rotatable bonds is 6. The lowest BCUT2D eigenvalue weighted by molar-refractivity contribution is -0.0718. The van der Waals surface area contributed by atoms with E-state index >= 15 is 0 Å². The molecular formula is C27H27F2NO3. The number of benzene rings is 3. The molecule has 0 aliphatic carbocycles. The highest BCUT2D eigenvalue weighted by molar-refractivity contribution is 5.40. The quantitative estimate of drug-likeness (QED) is 0.586. The Morgan fingerprint density at radius 2 is 1.61 bits per heavy atom. The molecular weight excluding hydrogens is 424 g/mol. The van der Waals surface area contributed by atoms with Crippen molar-refractivity contribution in [3.05, 3.63) is 101 Å². The van der Waals surface area contributed by atoms with Crippen molar-refractivity contribution in [2.45, 2.75) is 43.6 Å². The molecule has 4 nitrogen and oxygen atoms in total. The molecule has 6 heteroatoms. The highest BCUT2D eigenvalue weighted by Crippen LogP contribution is 2.35. The second-order valence-electron chi connectivity index (χ2n) is 8.78. The molecule has 3 aromatic rings. The predicted molar refractivity (Wildman–Crippen MR) is 121 cm³/mol. The van der Waals surface area contributed by atoms with Crippen LogP contribution in [0.3, 0.4) is 0 Å². The third-order valence-electron chi connectivity index (χ3n) is 6.58. The first kappa shape index (κ1) is 22.0. The van der Waals surface area contributed by atoms with Gasteiger partial charge in [-0.25, -0.2) is 8.78 Å². The summed E-state index contributed by atoms with van der Waals surface area (Å²) in [5.74, 6) is 0.0842. The highest BCUT2D eigenvalue weighted by atomic mass is 19.1. The molecule has 3 atom stereocenters. The van der Waals surface area contributed by atoms with Gasteiger partial charge < -0.3 is 19.9 Å². The lowest BCUT2D eigenvalue weighted by atomic mass is 9.82. The van der Waals surface area contributed by atoms with Crippen LogP contribution in [0.15, 0.2) is 66.7 Å². The smallest absolute Gasteiger partial charge is 0.123 e. The van der Waals surface area contributed by atoms with Crippen molar-refractivity contribution >= 4 is 0 Å². The maximum atomic E-state index is 13.5. The van der Waals surface area contributed by atoms with Gasteiger partial charge in [-0.1, -0.05) is 36.4 Å². The van der Waals surface area contributed by atoms with Crippen LogP contribution in [0.5, 0.6) is 5.75 Å². The summed E-state index contributed by atoms with van der Waals surface area (Å²) in [6.45, 7) is 1.70. The SMILES string of the molecule is O[C@@H]1C[C@@H](C(c2ccc(F)cc2)c2ccc(F)cc2)OC[C@H]1NCc1ccc2c(c1)CCO2. The second kappa shape index (κ2) is 9.59. The molecule has 172 valence electrons. The van der Waals surface area contributed by atoms with Crippen molar-refractivity contribution in [3.8, 4) is 5.75 Å². The van der Waals surface area contributed by atoms with Crippen LogP contribution in [0.4, 0.5) is 8.78 Å². The first-order valence-electron chi connectivity index (χ1n) is 11.4. The summed E-state index contributed by atoms with van der Waals surface area (Å²) >= 11 is 0. The molecule has 0 aromatic heterocycles. The van der Waals surface area contributed by atoms with Crippen LogP contribution in [0.25, 0.3) is 0 Å². The molecule has 2 heterocycles. The van der Waals surface area contributed by atoms with Gasteiger partial charge >= 0.3 is 0 Å². The van der Waals surface area contributed by atoms with Crippen LogP contribution < -0.4 is 10.1 Å². The summed E-state index contributed by atoms with van der Waals surface area (Å²) in [6, 6.07) is 18.5. The molecule has 0 saturated carbocycles. The Morgan fingerprint density at radius 1 is 0.939 bits per heavy atom. The van der Waals surface area contributed by atoms with Crippen molar-refractivity contribution in [1.82, 2.24) is 5.32 Å². The largest absolute Gasteiger partial charge is 0.493 e. The van der Waals surface area contributed by atoms with Gasteiger partial charge in [0.05, 0.1) is 31.5 Å². The average molecular weight is 452 g/mol. The van der Waals surface area contributed by atoms with Crippen molar-refractivity contribution < 1.29 is 23.4 Å². The Morgan fingerprint density at radius 3 is 2.24 bits per heavy atom. The van der Waals surface area contributed by atoms with Crippen molar-refractivity contribution in [2.24, 2.45) is 0 Å². The summed E-state index contributed by atoms with van der Waals surface area (Å²) in [7, 11) is 0. The van der Waals surface area contributed by atoms with E-state index in [0.29, 0.717) is 19.6 Å². The zero-order valence-electron chi connectivity index (χ0n) is 18.2. The maximum absolute atomic E-state index is 13.5. The number of hydrogen-bond acceptors (Lipinski definition) is 4. The number of aliphatic hydroxyl groups excluding tert-OH is 1. The molecule has 0 amide bonds. The topological polar surface area (TPSA) is 50.7 Å². The zero-order valence-corrected chi connectivity index (χ0v) is 18.2. The molecule has 1 saturated heterocycles. The monoisotopic (exact) mass is 451 g/mol. The maximum Gasteiger partial charge on any atom is 0.123 e. The van der Waals surface area contributed by atoms with Gasteiger partial charge in [-0.15, -0.1) is 0 Å². The summed E-state index contributed by atoms with van der Waals surface area (Å²) in [4.78, 5) is 0.